The Balaban J connectivity index is 1.95. The molecule has 1 saturated heterocycles. The molecular weight excluding hydrogens is 306 g/mol. The number of likely N-dealkylation sites (tertiary alicyclic amines) is 1. The van der Waals surface area contributed by atoms with Gasteiger partial charge in [-0.1, -0.05) is 0 Å². The second-order valence-electron chi connectivity index (χ2n) is 5.99. The highest BCUT2D eigenvalue weighted by atomic mass is 16.2. The van der Waals surface area contributed by atoms with E-state index in [0.717, 1.165) is 19.0 Å². The Morgan fingerprint density at radius 1 is 1.33 bits per heavy atom. The predicted molar refractivity (Wildman–Crippen MR) is 93.4 cm³/mol. The van der Waals surface area contributed by atoms with Crippen molar-refractivity contribution in [1.29, 1.82) is 0 Å². The van der Waals surface area contributed by atoms with Crippen LogP contribution in [0.3, 0.4) is 0 Å². The second-order valence-corrected chi connectivity index (χ2v) is 5.99. The van der Waals surface area contributed by atoms with Crippen molar-refractivity contribution in [2.24, 2.45) is 12.0 Å². The summed E-state index contributed by atoms with van der Waals surface area (Å²) in [5.41, 5.74) is 1.18. The minimum atomic E-state index is -0.0800. The maximum absolute atomic E-state index is 11.8. The molecule has 1 aromatic heterocycles. The minimum Gasteiger partial charge on any atom is -0.357 e. The van der Waals surface area contributed by atoms with E-state index in [0.29, 0.717) is 32.4 Å². The van der Waals surface area contributed by atoms with E-state index in [2.05, 4.69) is 20.9 Å². The van der Waals surface area contributed by atoms with Gasteiger partial charge in [0.15, 0.2) is 5.96 Å². The van der Waals surface area contributed by atoms with Gasteiger partial charge in [-0.25, -0.2) is 0 Å². The van der Waals surface area contributed by atoms with Gasteiger partial charge in [0, 0.05) is 51.9 Å². The Labute approximate surface area is 143 Å². The molecular formula is C17H27N5O2. The zero-order chi connectivity index (χ0) is 17.5. The molecule has 1 aliphatic rings. The van der Waals surface area contributed by atoms with E-state index in [1.165, 1.54) is 10.6 Å². The lowest BCUT2D eigenvalue weighted by Gasteiger charge is -2.25. The summed E-state index contributed by atoms with van der Waals surface area (Å²) >= 11 is 0. The van der Waals surface area contributed by atoms with E-state index >= 15 is 0 Å². The van der Waals surface area contributed by atoms with Crippen LogP contribution in [0.1, 0.15) is 31.9 Å². The summed E-state index contributed by atoms with van der Waals surface area (Å²) < 4.78 is 2.07. The van der Waals surface area contributed by atoms with E-state index in [9.17, 15) is 9.59 Å². The van der Waals surface area contributed by atoms with Crippen LogP contribution in [0.25, 0.3) is 0 Å². The van der Waals surface area contributed by atoms with Gasteiger partial charge >= 0.3 is 0 Å². The number of aromatic nitrogens is 1. The summed E-state index contributed by atoms with van der Waals surface area (Å²) in [6.45, 7) is 4.28. The van der Waals surface area contributed by atoms with E-state index in [1.54, 1.807) is 0 Å². The fourth-order valence-corrected chi connectivity index (χ4v) is 2.75. The normalized spacial score (nSPS) is 15.8. The Kier molecular flexibility index (Phi) is 6.40. The average molecular weight is 333 g/mol. The molecule has 7 heteroatoms. The highest BCUT2D eigenvalue weighted by molar-refractivity contribution is 5.97. The predicted octanol–water partition coefficient (Wildman–Crippen LogP) is 0.962. The van der Waals surface area contributed by atoms with Gasteiger partial charge in [0.1, 0.15) is 0 Å². The molecule has 0 aromatic carbocycles. The standard InChI is InChI=1S/C17H27N5O2/c1-4-18-17(21(3)13-14-7-6-11-20(14)2)19-10-12-22-15(23)8-5-9-16(22)24/h6-7,11H,4-5,8-10,12-13H2,1-3H3,(H,18,19). The molecule has 7 nitrogen and oxygen atoms in total. The molecule has 132 valence electrons. The third-order valence-corrected chi connectivity index (χ3v) is 4.12. The van der Waals surface area contributed by atoms with E-state index in [1.807, 2.05) is 38.2 Å². The lowest BCUT2D eigenvalue weighted by Crippen LogP contribution is -2.42. The number of hydrogen-bond acceptors (Lipinski definition) is 3. The Morgan fingerprint density at radius 2 is 2.04 bits per heavy atom. The molecule has 0 spiro atoms. The molecule has 2 rings (SSSR count). The van der Waals surface area contributed by atoms with Gasteiger partial charge in [-0.3, -0.25) is 19.5 Å². The Hall–Kier alpha value is -2.31. The molecule has 1 fully saturated rings. The molecule has 1 N–H and O–H groups in total. The molecule has 0 bridgehead atoms. The summed E-state index contributed by atoms with van der Waals surface area (Å²) in [4.78, 5) is 31.6. The number of amides is 2. The minimum absolute atomic E-state index is 0.0800. The van der Waals surface area contributed by atoms with E-state index in [4.69, 9.17) is 0 Å². The monoisotopic (exact) mass is 333 g/mol. The average Bonchev–Trinajstić information content (AvgIpc) is 2.94. The summed E-state index contributed by atoms with van der Waals surface area (Å²) in [7, 11) is 3.99. The first kappa shape index (κ1) is 18.0. The van der Waals surface area contributed by atoms with Gasteiger partial charge in [-0.05, 0) is 25.5 Å². The van der Waals surface area contributed by atoms with Gasteiger partial charge < -0.3 is 14.8 Å². The molecule has 0 aliphatic carbocycles. The second kappa shape index (κ2) is 8.52. The zero-order valence-corrected chi connectivity index (χ0v) is 14.8. The lowest BCUT2D eigenvalue weighted by atomic mass is 10.1. The molecule has 24 heavy (non-hydrogen) atoms. The fraction of sp³-hybridized carbons (Fsp3) is 0.588. The molecule has 2 heterocycles. The van der Waals surface area contributed by atoms with Crippen molar-refractivity contribution >= 4 is 17.8 Å². The molecule has 1 aliphatic heterocycles. The number of aryl methyl sites for hydroxylation is 1. The number of carbonyl (C=O) groups excluding carboxylic acids is 2. The van der Waals surface area contributed by atoms with Gasteiger partial charge in [0.2, 0.25) is 11.8 Å². The number of nitrogens with zero attached hydrogens (tertiary/aromatic N) is 4. The first-order valence-electron chi connectivity index (χ1n) is 8.45. The van der Waals surface area contributed by atoms with Crippen molar-refractivity contribution in [3.8, 4) is 0 Å². The highest BCUT2D eigenvalue weighted by Gasteiger charge is 2.25. The third-order valence-electron chi connectivity index (χ3n) is 4.12. The van der Waals surface area contributed by atoms with Crippen LogP contribution in [0, 0.1) is 0 Å². The number of nitrogens with one attached hydrogen (secondary N) is 1. The topological polar surface area (TPSA) is 69.9 Å². The lowest BCUT2D eigenvalue weighted by molar-refractivity contribution is -0.147. The van der Waals surface area contributed by atoms with E-state index < -0.39 is 0 Å². The van der Waals surface area contributed by atoms with Crippen molar-refractivity contribution in [1.82, 2.24) is 19.7 Å². The van der Waals surface area contributed by atoms with Crippen LogP contribution >= 0.6 is 0 Å². The van der Waals surface area contributed by atoms with Crippen LogP contribution in [-0.4, -0.2) is 58.8 Å². The molecule has 0 saturated carbocycles. The summed E-state index contributed by atoms with van der Waals surface area (Å²) in [5.74, 6) is 0.614. The van der Waals surface area contributed by atoms with Crippen LogP contribution in [0.5, 0.6) is 0 Å². The van der Waals surface area contributed by atoms with Crippen LogP contribution < -0.4 is 5.32 Å². The number of rotatable bonds is 6. The van der Waals surface area contributed by atoms with Crippen LogP contribution in [0.15, 0.2) is 23.3 Å². The van der Waals surface area contributed by atoms with Crippen molar-refractivity contribution in [2.45, 2.75) is 32.7 Å². The molecule has 0 radical (unpaired) electrons. The summed E-state index contributed by atoms with van der Waals surface area (Å²) in [6.07, 6.45) is 3.60. The molecule has 1 aromatic rings. The van der Waals surface area contributed by atoms with Gasteiger partial charge in [-0.2, -0.15) is 0 Å². The maximum Gasteiger partial charge on any atom is 0.229 e. The van der Waals surface area contributed by atoms with Gasteiger partial charge in [0.25, 0.3) is 0 Å². The van der Waals surface area contributed by atoms with Gasteiger partial charge in [-0.15, -0.1) is 0 Å². The molecule has 0 unspecified atom stereocenters. The van der Waals surface area contributed by atoms with Crippen molar-refractivity contribution in [3.63, 3.8) is 0 Å². The number of imide groups is 1. The maximum atomic E-state index is 11.8. The number of hydrogen-bond donors (Lipinski definition) is 1. The zero-order valence-electron chi connectivity index (χ0n) is 14.8. The largest absolute Gasteiger partial charge is 0.357 e. The van der Waals surface area contributed by atoms with Crippen LogP contribution in [0.2, 0.25) is 0 Å². The van der Waals surface area contributed by atoms with Crippen LogP contribution in [0.4, 0.5) is 0 Å². The summed E-state index contributed by atoms with van der Waals surface area (Å²) in [5, 5.41) is 3.25. The third kappa shape index (κ3) is 4.59. The first-order valence-corrected chi connectivity index (χ1v) is 8.45. The summed E-state index contributed by atoms with van der Waals surface area (Å²) in [6, 6.07) is 4.09. The first-order chi connectivity index (χ1) is 11.5. The van der Waals surface area contributed by atoms with Crippen LogP contribution in [-0.2, 0) is 23.2 Å². The fourth-order valence-electron chi connectivity index (χ4n) is 2.75. The SMILES string of the molecule is CCNC(=NCCN1C(=O)CCCC1=O)N(C)Cc1cccn1C. The van der Waals surface area contributed by atoms with Gasteiger partial charge in [0.05, 0.1) is 13.1 Å². The quantitative estimate of drug-likeness (QED) is 0.478. The Bertz CT molecular complexity index is 592. The van der Waals surface area contributed by atoms with Crippen molar-refractivity contribution < 1.29 is 9.59 Å². The Morgan fingerprint density at radius 3 is 2.62 bits per heavy atom. The number of guanidine groups is 1. The number of carbonyl (C=O) groups is 2. The molecule has 2 amide bonds. The number of aliphatic imine (C=N–C) groups is 1. The van der Waals surface area contributed by atoms with Crippen molar-refractivity contribution in [3.05, 3.63) is 24.0 Å². The van der Waals surface area contributed by atoms with E-state index in [-0.39, 0.29) is 11.8 Å². The highest BCUT2D eigenvalue weighted by Crippen LogP contribution is 2.11. The molecule has 0 atom stereocenters. The number of piperidine rings is 1. The smallest absolute Gasteiger partial charge is 0.229 e. The van der Waals surface area contributed by atoms with Crippen molar-refractivity contribution in [2.75, 3.05) is 26.7 Å².